The standard InChI is InChI=1S/C25H26N2O3S2/c1-18-8-10-21(11-9-18)26(32(29,30)23-14-12-22(31-3)13-15-23)17-25(28)27-19(2)16-20-6-4-5-7-24(20)27/h4-15,19H,16-17H2,1-3H3/t19-/m0/s1. The fraction of sp³-hybridized carbons (Fsp3) is 0.240. The molecule has 32 heavy (non-hydrogen) atoms. The molecule has 3 aromatic carbocycles. The number of para-hydroxylation sites is 1. The zero-order valence-electron chi connectivity index (χ0n) is 18.4. The Balaban J connectivity index is 1.72. The number of amides is 1. The number of thioether (sulfide) groups is 1. The number of carbonyl (C=O) groups excluding carboxylic acids is 1. The summed E-state index contributed by atoms with van der Waals surface area (Å²) in [4.78, 5) is 16.3. The van der Waals surface area contributed by atoms with Gasteiger partial charge in [-0.25, -0.2) is 8.42 Å². The van der Waals surface area contributed by atoms with Gasteiger partial charge in [0.25, 0.3) is 10.0 Å². The molecule has 0 spiro atoms. The first-order valence-corrected chi connectivity index (χ1v) is 13.1. The summed E-state index contributed by atoms with van der Waals surface area (Å²) >= 11 is 1.55. The lowest BCUT2D eigenvalue weighted by atomic mass is 10.1. The Morgan fingerprint density at radius 2 is 1.69 bits per heavy atom. The Morgan fingerprint density at radius 3 is 2.34 bits per heavy atom. The third kappa shape index (κ3) is 4.27. The maximum atomic E-state index is 13.6. The van der Waals surface area contributed by atoms with E-state index in [0.29, 0.717) is 5.69 Å². The molecule has 0 saturated carbocycles. The van der Waals surface area contributed by atoms with Gasteiger partial charge in [0.1, 0.15) is 6.54 Å². The number of fused-ring (bicyclic) bond motifs is 1. The molecular formula is C25H26N2O3S2. The van der Waals surface area contributed by atoms with Crippen molar-refractivity contribution < 1.29 is 13.2 Å². The number of benzene rings is 3. The van der Waals surface area contributed by atoms with Crippen molar-refractivity contribution in [1.29, 1.82) is 0 Å². The largest absolute Gasteiger partial charge is 0.307 e. The van der Waals surface area contributed by atoms with Crippen LogP contribution >= 0.6 is 11.8 Å². The number of sulfonamides is 1. The maximum Gasteiger partial charge on any atom is 0.264 e. The summed E-state index contributed by atoms with van der Waals surface area (Å²) in [6.45, 7) is 3.66. The van der Waals surface area contributed by atoms with Gasteiger partial charge < -0.3 is 4.90 Å². The van der Waals surface area contributed by atoms with Crippen molar-refractivity contribution in [1.82, 2.24) is 0 Å². The number of carbonyl (C=O) groups is 1. The molecule has 0 unspecified atom stereocenters. The molecule has 1 aliphatic rings. The van der Waals surface area contributed by atoms with Crippen molar-refractivity contribution in [2.75, 3.05) is 22.0 Å². The fourth-order valence-corrected chi connectivity index (χ4v) is 5.87. The first kappa shape index (κ1) is 22.4. The van der Waals surface area contributed by atoms with Crippen LogP contribution in [0.2, 0.25) is 0 Å². The molecule has 1 aliphatic heterocycles. The molecule has 1 amide bonds. The van der Waals surface area contributed by atoms with Crippen molar-refractivity contribution in [2.45, 2.75) is 36.1 Å². The lowest BCUT2D eigenvalue weighted by molar-refractivity contribution is -0.117. The van der Waals surface area contributed by atoms with E-state index in [1.165, 1.54) is 4.31 Å². The van der Waals surface area contributed by atoms with Crippen molar-refractivity contribution in [3.05, 3.63) is 83.9 Å². The Kier molecular flexibility index (Phi) is 6.31. The SMILES string of the molecule is CSc1ccc(S(=O)(=O)N(CC(=O)N2c3ccccc3C[C@@H]2C)c2ccc(C)cc2)cc1. The van der Waals surface area contributed by atoms with Crippen molar-refractivity contribution >= 4 is 39.1 Å². The van der Waals surface area contributed by atoms with Crippen LogP contribution in [-0.2, 0) is 21.2 Å². The Hall–Kier alpha value is -2.77. The van der Waals surface area contributed by atoms with E-state index < -0.39 is 10.0 Å². The second kappa shape index (κ2) is 9.00. The van der Waals surface area contributed by atoms with Gasteiger partial charge in [-0.05, 0) is 74.6 Å². The maximum absolute atomic E-state index is 13.6. The van der Waals surface area contributed by atoms with E-state index >= 15 is 0 Å². The van der Waals surface area contributed by atoms with Gasteiger partial charge in [0.05, 0.1) is 10.6 Å². The van der Waals surface area contributed by atoms with Gasteiger partial charge in [0.15, 0.2) is 0 Å². The number of hydrogen-bond donors (Lipinski definition) is 0. The van der Waals surface area contributed by atoms with Crippen LogP contribution in [-0.4, -0.2) is 33.2 Å². The van der Waals surface area contributed by atoms with Crippen molar-refractivity contribution in [3.8, 4) is 0 Å². The zero-order valence-corrected chi connectivity index (χ0v) is 20.0. The second-order valence-electron chi connectivity index (χ2n) is 7.97. The highest BCUT2D eigenvalue weighted by Gasteiger charge is 2.34. The zero-order chi connectivity index (χ0) is 22.9. The monoisotopic (exact) mass is 466 g/mol. The van der Waals surface area contributed by atoms with Gasteiger partial charge in [0, 0.05) is 16.6 Å². The highest BCUT2D eigenvalue weighted by molar-refractivity contribution is 7.98. The molecule has 0 fully saturated rings. The van der Waals surface area contributed by atoms with Crippen molar-refractivity contribution in [3.63, 3.8) is 0 Å². The van der Waals surface area contributed by atoms with Gasteiger partial charge in [0.2, 0.25) is 5.91 Å². The normalized spacial score (nSPS) is 15.5. The molecule has 7 heteroatoms. The van der Waals surface area contributed by atoms with Crippen LogP contribution in [0.15, 0.2) is 82.6 Å². The molecule has 0 radical (unpaired) electrons. The Labute approximate surface area is 194 Å². The minimum absolute atomic E-state index is 0.0247. The third-order valence-corrected chi connectivity index (χ3v) is 8.26. The Morgan fingerprint density at radius 1 is 1.03 bits per heavy atom. The predicted molar refractivity (Wildman–Crippen MR) is 131 cm³/mol. The lowest BCUT2D eigenvalue weighted by Gasteiger charge is -2.29. The quantitative estimate of drug-likeness (QED) is 0.486. The highest BCUT2D eigenvalue weighted by Crippen LogP contribution is 2.33. The summed E-state index contributed by atoms with van der Waals surface area (Å²) in [6.07, 6.45) is 2.70. The lowest BCUT2D eigenvalue weighted by Crippen LogP contribution is -2.45. The number of aryl methyl sites for hydroxylation is 1. The molecule has 0 N–H and O–H groups in total. The first-order valence-electron chi connectivity index (χ1n) is 10.4. The van der Waals surface area contributed by atoms with Crippen LogP contribution in [0, 0.1) is 6.92 Å². The molecule has 0 bridgehead atoms. The summed E-state index contributed by atoms with van der Waals surface area (Å²) < 4.78 is 28.5. The van der Waals surface area contributed by atoms with Crippen LogP contribution in [0.5, 0.6) is 0 Å². The highest BCUT2D eigenvalue weighted by atomic mass is 32.2. The van der Waals surface area contributed by atoms with Gasteiger partial charge in [-0.15, -0.1) is 11.8 Å². The van der Waals surface area contributed by atoms with Gasteiger partial charge in [-0.3, -0.25) is 9.10 Å². The van der Waals surface area contributed by atoms with Gasteiger partial charge in [-0.2, -0.15) is 0 Å². The van der Waals surface area contributed by atoms with Gasteiger partial charge in [-0.1, -0.05) is 35.9 Å². The van der Waals surface area contributed by atoms with E-state index in [9.17, 15) is 13.2 Å². The number of anilines is 2. The van der Waals surface area contributed by atoms with E-state index in [1.54, 1.807) is 53.1 Å². The average Bonchev–Trinajstić information content (AvgIpc) is 3.13. The first-order chi connectivity index (χ1) is 15.3. The van der Waals surface area contributed by atoms with E-state index in [-0.39, 0.29) is 23.4 Å². The van der Waals surface area contributed by atoms with Crippen LogP contribution in [0.25, 0.3) is 0 Å². The topological polar surface area (TPSA) is 57.7 Å². The van der Waals surface area contributed by atoms with Crippen LogP contribution in [0.1, 0.15) is 18.1 Å². The summed E-state index contributed by atoms with van der Waals surface area (Å²) in [5.74, 6) is -0.243. The molecular weight excluding hydrogens is 440 g/mol. The smallest absolute Gasteiger partial charge is 0.264 e. The minimum atomic E-state index is -3.93. The van der Waals surface area contributed by atoms with E-state index in [2.05, 4.69) is 0 Å². The molecule has 0 saturated heterocycles. The predicted octanol–water partition coefficient (Wildman–Crippen LogP) is 4.89. The molecule has 5 nitrogen and oxygen atoms in total. The van der Waals surface area contributed by atoms with Gasteiger partial charge >= 0.3 is 0 Å². The molecule has 1 atom stereocenters. The van der Waals surface area contributed by atoms with Crippen LogP contribution < -0.4 is 9.21 Å². The molecule has 166 valence electrons. The Bertz CT molecular complexity index is 1220. The number of rotatable bonds is 6. The summed E-state index contributed by atoms with van der Waals surface area (Å²) in [6, 6.07) is 21.7. The summed E-state index contributed by atoms with van der Waals surface area (Å²) in [5.41, 5.74) is 3.45. The molecule has 0 aliphatic carbocycles. The van der Waals surface area contributed by atoms with Crippen LogP contribution in [0.4, 0.5) is 11.4 Å². The van der Waals surface area contributed by atoms with E-state index in [4.69, 9.17) is 0 Å². The molecule has 3 aromatic rings. The van der Waals surface area contributed by atoms with E-state index in [1.807, 2.05) is 56.5 Å². The molecule has 0 aromatic heterocycles. The summed E-state index contributed by atoms with van der Waals surface area (Å²) in [7, 11) is -3.93. The van der Waals surface area contributed by atoms with E-state index in [0.717, 1.165) is 28.1 Å². The third-order valence-electron chi connectivity index (χ3n) is 5.72. The van der Waals surface area contributed by atoms with Crippen molar-refractivity contribution in [2.24, 2.45) is 0 Å². The number of nitrogens with zero attached hydrogens (tertiary/aromatic N) is 2. The number of hydrogen-bond acceptors (Lipinski definition) is 4. The summed E-state index contributed by atoms with van der Waals surface area (Å²) in [5, 5.41) is 0. The second-order valence-corrected chi connectivity index (χ2v) is 10.7. The fourth-order valence-electron chi connectivity index (χ4n) is 4.05. The van der Waals surface area contributed by atoms with Crippen LogP contribution in [0.3, 0.4) is 0 Å². The average molecular weight is 467 g/mol. The molecule has 1 heterocycles. The molecule has 4 rings (SSSR count). The minimum Gasteiger partial charge on any atom is -0.307 e.